The maximum absolute atomic E-state index is 11.1. The van der Waals surface area contributed by atoms with E-state index in [0.717, 1.165) is 4.88 Å². The molecule has 1 N–H and O–H groups in total. The molecular formula is C13H14N2O3S. The van der Waals surface area contributed by atoms with E-state index in [-0.39, 0.29) is 11.4 Å². The van der Waals surface area contributed by atoms with Crippen molar-refractivity contribution < 1.29 is 9.66 Å². The molecule has 0 saturated carbocycles. The number of rotatable bonds is 5. The molecule has 1 aromatic carbocycles. The van der Waals surface area contributed by atoms with Crippen LogP contribution in [0.1, 0.15) is 10.4 Å². The zero-order valence-electron chi connectivity index (χ0n) is 10.7. The summed E-state index contributed by atoms with van der Waals surface area (Å²) in [5.41, 5.74) is 1.62. The fourth-order valence-corrected chi connectivity index (χ4v) is 2.62. The van der Waals surface area contributed by atoms with E-state index in [1.807, 2.05) is 18.4 Å². The topological polar surface area (TPSA) is 64.4 Å². The predicted octanol–water partition coefficient (Wildman–Crippen LogP) is 3.59. The molecule has 5 nitrogen and oxygen atoms in total. The summed E-state index contributed by atoms with van der Waals surface area (Å²) in [7, 11) is 1.43. The van der Waals surface area contributed by atoms with Crippen molar-refractivity contribution in [2.24, 2.45) is 0 Å². The second kappa shape index (κ2) is 5.71. The Morgan fingerprint density at radius 3 is 2.79 bits per heavy atom. The number of anilines is 1. The quantitative estimate of drug-likeness (QED) is 0.670. The van der Waals surface area contributed by atoms with Crippen LogP contribution < -0.4 is 10.1 Å². The molecule has 2 rings (SSSR count). The molecule has 1 aromatic heterocycles. The molecule has 0 unspecified atom stereocenters. The summed E-state index contributed by atoms with van der Waals surface area (Å²) in [5.74, 6) is 0.262. The molecule has 0 aliphatic heterocycles. The van der Waals surface area contributed by atoms with Crippen molar-refractivity contribution in [2.45, 2.75) is 13.5 Å². The number of nitro groups is 1. The molecule has 100 valence electrons. The Hall–Kier alpha value is -2.08. The van der Waals surface area contributed by atoms with Crippen LogP contribution in [0.2, 0.25) is 0 Å². The summed E-state index contributed by atoms with van der Waals surface area (Å²) >= 11 is 1.63. The van der Waals surface area contributed by atoms with Crippen molar-refractivity contribution in [3.8, 4) is 5.75 Å². The monoisotopic (exact) mass is 278 g/mol. The van der Waals surface area contributed by atoms with E-state index in [4.69, 9.17) is 4.74 Å². The Balaban J connectivity index is 2.25. The molecule has 0 bridgehead atoms. The first-order chi connectivity index (χ1) is 9.13. The first kappa shape index (κ1) is 13.4. The van der Waals surface area contributed by atoms with Crippen LogP contribution in [0.15, 0.2) is 29.6 Å². The van der Waals surface area contributed by atoms with Gasteiger partial charge >= 0.3 is 5.69 Å². The van der Waals surface area contributed by atoms with Crippen LogP contribution >= 0.6 is 11.3 Å². The lowest BCUT2D eigenvalue weighted by molar-refractivity contribution is -0.384. The maximum Gasteiger partial charge on any atom is 0.333 e. The van der Waals surface area contributed by atoms with E-state index in [0.29, 0.717) is 12.2 Å². The van der Waals surface area contributed by atoms with Crippen molar-refractivity contribution in [1.82, 2.24) is 0 Å². The van der Waals surface area contributed by atoms with E-state index in [9.17, 15) is 10.1 Å². The van der Waals surface area contributed by atoms with Crippen molar-refractivity contribution in [2.75, 3.05) is 12.4 Å². The highest BCUT2D eigenvalue weighted by atomic mass is 32.1. The summed E-state index contributed by atoms with van der Waals surface area (Å²) in [6, 6.07) is 7.03. The summed E-state index contributed by atoms with van der Waals surface area (Å²) in [4.78, 5) is 11.9. The number of methoxy groups -OCH3 is 1. The SMILES string of the molecule is COc1cccc(NCc2sccc2C)c1[N+](=O)[O-]. The highest BCUT2D eigenvalue weighted by Crippen LogP contribution is 2.34. The molecule has 0 fully saturated rings. The average molecular weight is 278 g/mol. The predicted molar refractivity (Wildman–Crippen MR) is 76.0 cm³/mol. The summed E-state index contributed by atoms with van der Waals surface area (Å²) < 4.78 is 5.03. The average Bonchev–Trinajstić information content (AvgIpc) is 2.81. The Morgan fingerprint density at radius 2 is 2.21 bits per heavy atom. The molecular weight excluding hydrogens is 264 g/mol. The van der Waals surface area contributed by atoms with Crippen LogP contribution in [-0.4, -0.2) is 12.0 Å². The minimum absolute atomic E-state index is 0.0285. The lowest BCUT2D eigenvalue weighted by Gasteiger charge is -2.09. The fraction of sp³-hybridized carbons (Fsp3) is 0.231. The minimum Gasteiger partial charge on any atom is -0.490 e. The first-order valence-corrected chi connectivity index (χ1v) is 6.59. The van der Waals surface area contributed by atoms with Crippen LogP contribution in [0.4, 0.5) is 11.4 Å². The van der Waals surface area contributed by atoms with Crippen molar-refractivity contribution in [3.63, 3.8) is 0 Å². The number of hydrogen-bond acceptors (Lipinski definition) is 5. The van der Waals surface area contributed by atoms with E-state index >= 15 is 0 Å². The number of hydrogen-bond donors (Lipinski definition) is 1. The molecule has 0 aliphatic rings. The van der Waals surface area contributed by atoms with Gasteiger partial charge in [-0.1, -0.05) is 6.07 Å². The number of benzene rings is 1. The minimum atomic E-state index is -0.428. The molecule has 0 aliphatic carbocycles. The molecule has 0 atom stereocenters. The van der Waals surface area contributed by atoms with Crippen molar-refractivity contribution >= 4 is 22.7 Å². The standard InChI is InChI=1S/C13H14N2O3S/c1-9-6-7-19-12(9)8-14-10-4-3-5-11(18-2)13(10)15(16)17/h3-7,14H,8H2,1-2H3. The molecule has 19 heavy (non-hydrogen) atoms. The molecule has 1 heterocycles. The molecule has 0 spiro atoms. The summed E-state index contributed by atoms with van der Waals surface area (Å²) in [5, 5.41) is 16.2. The lowest BCUT2D eigenvalue weighted by Crippen LogP contribution is -2.03. The molecule has 0 amide bonds. The zero-order valence-corrected chi connectivity index (χ0v) is 11.5. The van der Waals surface area contributed by atoms with Gasteiger partial charge in [-0.3, -0.25) is 10.1 Å². The van der Waals surface area contributed by atoms with Crippen LogP contribution in [0.3, 0.4) is 0 Å². The third kappa shape index (κ3) is 2.85. The van der Waals surface area contributed by atoms with Gasteiger partial charge < -0.3 is 10.1 Å². The number of nitrogens with one attached hydrogen (secondary N) is 1. The van der Waals surface area contributed by atoms with Gasteiger partial charge in [-0.2, -0.15) is 0 Å². The van der Waals surface area contributed by atoms with Crippen LogP contribution in [0, 0.1) is 17.0 Å². The van der Waals surface area contributed by atoms with E-state index in [1.54, 1.807) is 29.5 Å². The van der Waals surface area contributed by atoms with Gasteiger partial charge in [-0.05, 0) is 36.1 Å². The number of nitrogens with zero attached hydrogens (tertiary/aromatic N) is 1. The lowest BCUT2D eigenvalue weighted by atomic mass is 10.2. The normalized spacial score (nSPS) is 10.2. The highest BCUT2D eigenvalue weighted by molar-refractivity contribution is 7.10. The second-order valence-electron chi connectivity index (χ2n) is 3.99. The second-order valence-corrected chi connectivity index (χ2v) is 4.99. The summed E-state index contributed by atoms with van der Waals surface area (Å²) in [6.07, 6.45) is 0. The van der Waals surface area contributed by atoms with Gasteiger partial charge in [0.15, 0.2) is 5.75 Å². The number of para-hydroxylation sites is 1. The molecule has 6 heteroatoms. The Labute approximate surface area is 115 Å². The molecule has 0 radical (unpaired) electrons. The zero-order chi connectivity index (χ0) is 13.8. The van der Waals surface area contributed by atoms with Gasteiger partial charge in [0.2, 0.25) is 0 Å². The van der Waals surface area contributed by atoms with Gasteiger partial charge in [-0.25, -0.2) is 0 Å². The van der Waals surface area contributed by atoms with Gasteiger partial charge in [0.1, 0.15) is 5.69 Å². The third-order valence-electron chi connectivity index (χ3n) is 2.81. The number of nitro benzene ring substituents is 1. The number of aryl methyl sites for hydroxylation is 1. The van der Waals surface area contributed by atoms with Crippen LogP contribution in [0.5, 0.6) is 5.75 Å². The van der Waals surface area contributed by atoms with Gasteiger partial charge in [0.25, 0.3) is 0 Å². The summed E-state index contributed by atoms with van der Waals surface area (Å²) in [6.45, 7) is 2.59. The largest absolute Gasteiger partial charge is 0.490 e. The maximum atomic E-state index is 11.1. The van der Waals surface area contributed by atoms with Crippen molar-refractivity contribution in [1.29, 1.82) is 0 Å². The van der Waals surface area contributed by atoms with E-state index in [2.05, 4.69) is 5.32 Å². The third-order valence-corrected chi connectivity index (χ3v) is 3.83. The van der Waals surface area contributed by atoms with Gasteiger partial charge in [0.05, 0.1) is 12.0 Å². The Bertz CT molecular complexity index is 595. The van der Waals surface area contributed by atoms with Crippen LogP contribution in [-0.2, 0) is 6.54 Å². The van der Waals surface area contributed by atoms with E-state index < -0.39 is 4.92 Å². The highest BCUT2D eigenvalue weighted by Gasteiger charge is 2.20. The molecule has 2 aromatic rings. The Morgan fingerprint density at radius 1 is 1.42 bits per heavy atom. The van der Waals surface area contributed by atoms with Gasteiger partial charge in [0, 0.05) is 11.4 Å². The number of ether oxygens (including phenoxy) is 1. The van der Waals surface area contributed by atoms with Gasteiger partial charge in [-0.15, -0.1) is 11.3 Å². The first-order valence-electron chi connectivity index (χ1n) is 5.71. The van der Waals surface area contributed by atoms with E-state index in [1.165, 1.54) is 12.7 Å². The fourth-order valence-electron chi connectivity index (χ4n) is 1.78. The molecule has 0 saturated heterocycles. The van der Waals surface area contributed by atoms with Crippen molar-refractivity contribution in [3.05, 3.63) is 50.2 Å². The van der Waals surface area contributed by atoms with Crippen LogP contribution in [0.25, 0.3) is 0 Å². The smallest absolute Gasteiger partial charge is 0.333 e. The Kier molecular flexibility index (Phi) is 4.01. The number of thiophene rings is 1.